The molecule has 0 spiro atoms. The molecule has 0 unspecified atom stereocenters. The van der Waals surface area contributed by atoms with E-state index >= 15 is 0 Å². The van der Waals surface area contributed by atoms with E-state index in [0.717, 1.165) is 0 Å². The lowest BCUT2D eigenvalue weighted by Gasteiger charge is -2.16. The zero-order chi connectivity index (χ0) is 19.9. The molecule has 0 saturated carbocycles. The third-order valence-corrected chi connectivity index (χ3v) is 4.34. The third-order valence-electron chi connectivity index (χ3n) is 4.08. The van der Waals surface area contributed by atoms with Crippen molar-refractivity contribution in [3.63, 3.8) is 0 Å². The molecule has 0 saturated heterocycles. The molecule has 0 aliphatic rings. The fourth-order valence-corrected chi connectivity index (χ4v) is 2.92. The van der Waals surface area contributed by atoms with Gasteiger partial charge in [-0.1, -0.05) is 23.7 Å². The predicted octanol–water partition coefficient (Wildman–Crippen LogP) is 4.12. The number of hydrogen-bond donors (Lipinski definition) is 2. The Morgan fingerprint density at radius 1 is 1.14 bits per heavy atom. The van der Waals surface area contributed by atoms with Crippen molar-refractivity contribution in [2.24, 2.45) is 0 Å². The van der Waals surface area contributed by atoms with Crippen LogP contribution in [0.5, 0.6) is 0 Å². The largest absolute Gasteiger partial charge is 0.382 e. The van der Waals surface area contributed by atoms with Gasteiger partial charge in [-0.3, -0.25) is 9.88 Å². The Hall–Kier alpha value is -2.90. The lowest BCUT2D eigenvalue weighted by atomic mass is 10.2. The summed E-state index contributed by atoms with van der Waals surface area (Å²) < 4.78 is 6.81. The van der Waals surface area contributed by atoms with E-state index in [1.807, 2.05) is 19.1 Å². The lowest BCUT2D eigenvalue weighted by Crippen LogP contribution is -2.30. The van der Waals surface area contributed by atoms with Gasteiger partial charge >= 0.3 is 11.7 Å². The summed E-state index contributed by atoms with van der Waals surface area (Å²) in [6, 6.07) is 13.5. The normalized spacial score (nSPS) is 10.8. The second kappa shape index (κ2) is 9.34. The van der Waals surface area contributed by atoms with Gasteiger partial charge in [-0.05, 0) is 49.7 Å². The number of nitrogens with zero attached hydrogens (tertiary/aromatic N) is 2. The van der Waals surface area contributed by atoms with Crippen molar-refractivity contribution >= 4 is 40.0 Å². The summed E-state index contributed by atoms with van der Waals surface area (Å²) in [5.41, 5.74) is 0.692. The third kappa shape index (κ3) is 4.88. The molecular weight excluding hydrogens is 380 g/mol. The Kier molecular flexibility index (Phi) is 6.62. The molecule has 0 aliphatic heterocycles. The van der Waals surface area contributed by atoms with Crippen LogP contribution < -0.4 is 16.3 Å². The van der Waals surface area contributed by atoms with E-state index in [4.69, 9.17) is 16.3 Å². The Balaban J connectivity index is 1.89. The Morgan fingerprint density at radius 2 is 1.89 bits per heavy atom. The zero-order valence-corrected chi connectivity index (χ0v) is 16.2. The first kappa shape index (κ1) is 19.9. The summed E-state index contributed by atoms with van der Waals surface area (Å²) in [5.74, 6) is 0.401. The van der Waals surface area contributed by atoms with Crippen molar-refractivity contribution in [2.75, 3.05) is 23.8 Å². The minimum atomic E-state index is -0.461. The highest BCUT2D eigenvalue weighted by Gasteiger charge is 2.14. The monoisotopic (exact) mass is 400 g/mol. The van der Waals surface area contributed by atoms with Crippen LogP contribution in [0.2, 0.25) is 5.02 Å². The number of carbonyl (C=O) groups is 1. The highest BCUT2D eigenvalue weighted by Crippen LogP contribution is 2.21. The average Bonchev–Trinajstić information content (AvgIpc) is 2.68. The Labute approximate surface area is 167 Å². The molecule has 0 aliphatic carbocycles. The number of anilines is 2. The van der Waals surface area contributed by atoms with Crippen molar-refractivity contribution in [1.82, 2.24) is 9.55 Å². The number of amides is 2. The summed E-state index contributed by atoms with van der Waals surface area (Å²) in [7, 11) is 0. The fourth-order valence-electron chi connectivity index (χ4n) is 2.79. The summed E-state index contributed by atoms with van der Waals surface area (Å²) in [6.07, 6.45) is 0.626. The number of nitrogens with one attached hydrogen (secondary N) is 2. The lowest BCUT2D eigenvalue weighted by molar-refractivity contribution is 0.141. The summed E-state index contributed by atoms with van der Waals surface area (Å²) in [6.45, 7) is 3.43. The van der Waals surface area contributed by atoms with Crippen molar-refractivity contribution in [3.8, 4) is 0 Å². The summed E-state index contributed by atoms with van der Waals surface area (Å²) >= 11 is 5.87. The van der Waals surface area contributed by atoms with Crippen LogP contribution in [0.3, 0.4) is 0 Å². The summed E-state index contributed by atoms with van der Waals surface area (Å²) in [5, 5.41) is 6.80. The van der Waals surface area contributed by atoms with Gasteiger partial charge in [-0.2, -0.15) is 4.98 Å². The molecular formula is C20H21ClN4O3. The van der Waals surface area contributed by atoms with Crippen LogP contribution in [0.4, 0.5) is 16.3 Å². The van der Waals surface area contributed by atoms with Crippen LogP contribution in [-0.4, -0.2) is 28.8 Å². The van der Waals surface area contributed by atoms with E-state index in [9.17, 15) is 9.59 Å². The molecule has 28 heavy (non-hydrogen) atoms. The number of benzene rings is 2. The van der Waals surface area contributed by atoms with Gasteiger partial charge < -0.3 is 10.1 Å². The summed E-state index contributed by atoms with van der Waals surface area (Å²) in [4.78, 5) is 29.2. The molecule has 3 rings (SSSR count). The number of para-hydroxylation sites is 1. The van der Waals surface area contributed by atoms with Crippen LogP contribution in [0, 0.1) is 0 Å². The molecule has 146 valence electrons. The molecule has 0 bridgehead atoms. The van der Waals surface area contributed by atoms with Crippen LogP contribution in [0.1, 0.15) is 13.3 Å². The topological polar surface area (TPSA) is 85.2 Å². The van der Waals surface area contributed by atoms with Crippen LogP contribution in [-0.2, 0) is 11.3 Å². The van der Waals surface area contributed by atoms with Crippen molar-refractivity contribution in [3.05, 3.63) is 64.0 Å². The number of rotatable bonds is 7. The molecule has 1 heterocycles. The van der Waals surface area contributed by atoms with Crippen molar-refractivity contribution in [1.29, 1.82) is 0 Å². The average molecular weight is 401 g/mol. The van der Waals surface area contributed by atoms with E-state index in [1.54, 1.807) is 36.4 Å². The van der Waals surface area contributed by atoms with E-state index in [0.29, 0.717) is 53.6 Å². The first-order valence-electron chi connectivity index (χ1n) is 8.99. The predicted molar refractivity (Wildman–Crippen MR) is 111 cm³/mol. The highest BCUT2D eigenvalue weighted by molar-refractivity contribution is 6.30. The quantitative estimate of drug-likeness (QED) is 0.584. The first-order valence-corrected chi connectivity index (χ1v) is 9.37. The number of fused-ring (bicyclic) bond motifs is 1. The van der Waals surface area contributed by atoms with Crippen LogP contribution in [0.25, 0.3) is 10.9 Å². The molecule has 0 atom stereocenters. The number of carbonyl (C=O) groups excluding carboxylic acids is 1. The smallest absolute Gasteiger partial charge is 0.349 e. The minimum Gasteiger partial charge on any atom is -0.382 e. The van der Waals surface area contributed by atoms with E-state index in [1.165, 1.54) is 4.57 Å². The van der Waals surface area contributed by atoms with Gasteiger partial charge in [0.1, 0.15) is 5.82 Å². The van der Waals surface area contributed by atoms with E-state index in [-0.39, 0.29) is 0 Å². The molecule has 0 radical (unpaired) electrons. The molecule has 1 aromatic heterocycles. The standard InChI is InChI=1S/C20H21ClN4O3/c1-2-28-13-5-12-25-18(16-6-3-4-7-17(16)23-20(25)27)24-19(26)22-15-10-8-14(21)9-11-15/h3-4,6-11H,2,5,12-13H2,1H3,(H2,22,24,26). The molecule has 8 heteroatoms. The first-order chi connectivity index (χ1) is 13.6. The maximum Gasteiger partial charge on any atom is 0.349 e. The minimum absolute atomic E-state index is 0.382. The number of halogens is 1. The number of urea groups is 1. The molecule has 0 fully saturated rings. The molecule has 2 amide bonds. The maximum atomic E-state index is 12.5. The van der Waals surface area contributed by atoms with Gasteiger partial charge in [0.2, 0.25) is 0 Å². The van der Waals surface area contributed by atoms with E-state index < -0.39 is 11.7 Å². The molecule has 2 aromatic carbocycles. The van der Waals surface area contributed by atoms with E-state index in [2.05, 4.69) is 15.6 Å². The number of ether oxygens (including phenoxy) is 1. The van der Waals surface area contributed by atoms with Crippen molar-refractivity contribution < 1.29 is 9.53 Å². The number of aromatic nitrogens is 2. The molecule has 7 nitrogen and oxygen atoms in total. The second-order valence-corrected chi connectivity index (χ2v) is 6.48. The van der Waals surface area contributed by atoms with Gasteiger partial charge in [0.05, 0.1) is 5.52 Å². The maximum absolute atomic E-state index is 12.5. The highest BCUT2D eigenvalue weighted by atomic mass is 35.5. The van der Waals surface area contributed by atoms with Crippen LogP contribution >= 0.6 is 11.6 Å². The van der Waals surface area contributed by atoms with Gasteiger partial charge in [0.15, 0.2) is 0 Å². The molecule has 2 N–H and O–H groups in total. The van der Waals surface area contributed by atoms with Gasteiger partial charge in [0.25, 0.3) is 0 Å². The van der Waals surface area contributed by atoms with Crippen molar-refractivity contribution in [2.45, 2.75) is 19.9 Å². The molecule has 3 aromatic rings. The van der Waals surface area contributed by atoms with Crippen LogP contribution in [0.15, 0.2) is 53.3 Å². The van der Waals surface area contributed by atoms with Gasteiger partial charge in [0, 0.05) is 35.9 Å². The fraction of sp³-hybridized carbons (Fsp3) is 0.250. The zero-order valence-electron chi connectivity index (χ0n) is 15.4. The second-order valence-electron chi connectivity index (χ2n) is 6.05. The van der Waals surface area contributed by atoms with Gasteiger partial charge in [-0.25, -0.2) is 9.59 Å². The SMILES string of the molecule is CCOCCCn1c(NC(=O)Nc2ccc(Cl)cc2)c2ccccc2nc1=O. The Morgan fingerprint density at radius 3 is 2.64 bits per heavy atom. The number of hydrogen-bond acceptors (Lipinski definition) is 4. The van der Waals surface area contributed by atoms with Gasteiger partial charge in [-0.15, -0.1) is 0 Å². The Bertz CT molecular complexity index is 1020.